The quantitative estimate of drug-likeness (QED) is 0.686. The van der Waals surface area contributed by atoms with Crippen LogP contribution in [0.4, 0.5) is 0 Å². The van der Waals surface area contributed by atoms with E-state index in [0.29, 0.717) is 0 Å². The molecule has 2 aliphatic carbocycles. The molecule has 1 N–H and O–H groups in total. The van der Waals surface area contributed by atoms with Gasteiger partial charge >= 0.3 is 0 Å². The Morgan fingerprint density at radius 2 is 1.65 bits per heavy atom. The highest BCUT2D eigenvalue weighted by molar-refractivity contribution is 4.80. The lowest BCUT2D eigenvalue weighted by Gasteiger charge is -2.20. The average molecular weight is 238 g/mol. The Morgan fingerprint density at radius 3 is 2.29 bits per heavy atom. The minimum atomic E-state index is 0.866. The van der Waals surface area contributed by atoms with Gasteiger partial charge < -0.3 is 10.2 Å². The normalized spacial score (nSPS) is 22.9. The Hall–Kier alpha value is -0.0800. The first-order valence-corrected chi connectivity index (χ1v) is 7.76. The first-order chi connectivity index (χ1) is 8.34. The van der Waals surface area contributed by atoms with E-state index in [1.165, 1.54) is 77.4 Å². The Labute approximate surface area is 107 Å². The number of rotatable bonds is 7. The van der Waals surface area contributed by atoms with E-state index in [9.17, 15) is 0 Å². The van der Waals surface area contributed by atoms with Crippen LogP contribution in [0.2, 0.25) is 0 Å². The Bertz CT molecular complexity index is 193. The summed E-state index contributed by atoms with van der Waals surface area (Å²) in [5.74, 6) is 1.02. The van der Waals surface area contributed by atoms with Crippen LogP contribution in [0.25, 0.3) is 0 Å². The first kappa shape index (κ1) is 13.4. The summed E-state index contributed by atoms with van der Waals surface area (Å²) in [4.78, 5) is 2.51. The van der Waals surface area contributed by atoms with Gasteiger partial charge in [0.15, 0.2) is 0 Å². The van der Waals surface area contributed by atoms with Crippen molar-refractivity contribution in [3.63, 3.8) is 0 Å². The highest BCUT2D eigenvalue weighted by Gasteiger charge is 2.19. The third-order valence-electron chi connectivity index (χ3n) is 4.40. The summed E-state index contributed by atoms with van der Waals surface area (Å²) in [5.41, 5.74) is 0. The van der Waals surface area contributed by atoms with Gasteiger partial charge in [0, 0.05) is 19.1 Å². The topological polar surface area (TPSA) is 15.3 Å². The van der Waals surface area contributed by atoms with Gasteiger partial charge in [-0.2, -0.15) is 0 Å². The van der Waals surface area contributed by atoms with Crippen molar-refractivity contribution in [3.8, 4) is 0 Å². The summed E-state index contributed by atoms with van der Waals surface area (Å²) in [6.45, 7) is 3.71. The van der Waals surface area contributed by atoms with Gasteiger partial charge in [0.25, 0.3) is 0 Å². The molecule has 0 aromatic rings. The molecule has 2 fully saturated rings. The summed E-state index contributed by atoms with van der Waals surface area (Å²) in [7, 11) is 2.28. The zero-order valence-electron chi connectivity index (χ0n) is 11.6. The fourth-order valence-corrected chi connectivity index (χ4v) is 2.91. The van der Waals surface area contributed by atoms with Crippen LogP contribution in [0.1, 0.15) is 57.8 Å². The number of nitrogens with one attached hydrogen (secondary N) is 1. The third-order valence-corrected chi connectivity index (χ3v) is 4.40. The molecule has 2 rings (SSSR count). The van der Waals surface area contributed by atoms with Gasteiger partial charge in [0.2, 0.25) is 0 Å². The minimum absolute atomic E-state index is 0.866. The predicted octanol–water partition coefficient (Wildman–Crippen LogP) is 3.03. The maximum atomic E-state index is 3.59. The van der Waals surface area contributed by atoms with Gasteiger partial charge in [-0.3, -0.25) is 0 Å². The van der Waals surface area contributed by atoms with Crippen molar-refractivity contribution in [1.29, 1.82) is 0 Å². The number of nitrogens with zero attached hydrogens (tertiary/aromatic N) is 1. The molecule has 17 heavy (non-hydrogen) atoms. The number of hydrogen-bond donors (Lipinski definition) is 1. The van der Waals surface area contributed by atoms with Crippen LogP contribution in [0.5, 0.6) is 0 Å². The average Bonchev–Trinajstić information content (AvgIpc) is 3.13. The van der Waals surface area contributed by atoms with E-state index in [4.69, 9.17) is 0 Å². The molecule has 0 radical (unpaired) electrons. The van der Waals surface area contributed by atoms with Gasteiger partial charge in [-0.15, -0.1) is 0 Å². The Balaban J connectivity index is 1.49. The lowest BCUT2D eigenvalue weighted by atomic mass is 9.96. The molecular formula is C15H30N2. The van der Waals surface area contributed by atoms with Crippen molar-refractivity contribution in [2.24, 2.45) is 5.92 Å². The molecule has 0 aliphatic heterocycles. The predicted molar refractivity (Wildman–Crippen MR) is 74.3 cm³/mol. The molecule has 0 atom stereocenters. The molecule has 0 aromatic carbocycles. The Morgan fingerprint density at radius 1 is 0.941 bits per heavy atom. The third kappa shape index (κ3) is 5.87. The van der Waals surface area contributed by atoms with E-state index in [1.807, 2.05) is 0 Å². The van der Waals surface area contributed by atoms with Crippen molar-refractivity contribution in [2.45, 2.75) is 63.8 Å². The summed E-state index contributed by atoms with van der Waals surface area (Å²) in [5, 5.41) is 3.59. The zero-order chi connectivity index (χ0) is 11.9. The largest absolute Gasteiger partial charge is 0.313 e. The standard InChI is InChI=1S/C15H30N2/c1-17(13-11-16-15-8-9-15)12-10-14-6-4-2-3-5-7-14/h14-16H,2-13H2,1H3. The van der Waals surface area contributed by atoms with Gasteiger partial charge in [-0.05, 0) is 38.8 Å². The maximum absolute atomic E-state index is 3.59. The van der Waals surface area contributed by atoms with E-state index >= 15 is 0 Å². The van der Waals surface area contributed by atoms with Crippen LogP contribution in [0.15, 0.2) is 0 Å². The summed E-state index contributed by atoms with van der Waals surface area (Å²) in [6.07, 6.45) is 13.2. The SMILES string of the molecule is CN(CCNC1CC1)CCC1CCCCCC1. The molecule has 0 amide bonds. The van der Waals surface area contributed by atoms with Crippen molar-refractivity contribution >= 4 is 0 Å². The summed E-state index contributed by atoms with van der Waals surface area (Å²) in [6, 6.07) is 0.866. The van der Waals surface area contributed by atoms with E-state index in [1.54, 1.807) is 0 Å². The van der Waals surface area contributed by atoms with Crippen LogP contribution >= 0.6 is 0 Å². The molecule has 0 heterocycles. The molecule has 2 heteroatoms. The first-order valence-electron chi connectivity index (χ1n) is 7.76. The van der Waals surface area contributed by atoms with Gasteiger partial charge in [0.05, 0.1) is 0 Å². The molecule has 100 valence electrons. The van der Waals surface area contributed by atoms with E-state index < -0.39 is 0 Å². The lowest BCUT2D eigenvalue weighted by Crippen LogP contribution is -2.31. The van der Waals surface area contributed by atoms with Crippen molar-refractivity contribution in [3.05, 3.63) is 0 Å². The molecule has 2 saturated carbocycles. The van der Waals surface area contributed by atoms with Crippen LogP contribution in [-0.2, 0) is 0 Å². The van der Waals surface area contributed by atoms with Crippen molar-refractivity contribution in [2.75, 3.05) is 26.7 Å². The lowest BCUT2D eigenvalue weighted by molar-refractivity contribution is 0.287. The molecule has 0 unspecified atom stereocenters. The molecule has 0 aromatic heterocycles. The highest BCUT2D eigenvalue weighted by atomic mass is 15.1. The number of hydrogen-bond acceptors (Lipinski definition) is 2. The molecule has 0 bridgehead atoms. The second-order valence-corrected chi connectivity index (χ2v) is 6.18. The molecule has 2 nitrogen and oxygen atoms in total. The summed E-state index contributed by atoms with van der Waals surface area (Å²) < 4.78 is 0. The second-order valence-electron chi connectivity index (χ2n) is 6.18. The van der Waals surface area contributed by atoms with Crippen LogP contribution in [0.3, 0.4) is 0 Å². The van der Waals surface area contributed by atoms with E-state index in [0.717, 1.165) is 12.0 Å². The van der Waals surface area contributed by atoms with Crippen LogP contribution < -0.4 is 5.32 Å². The fourth-order valence-electron chi connectivity index (χ4n) is 2.91. The highest BCUT2D eigenvalue weighted by Crippen LogP contribution is 2.25. The fraction of sp³-hybridized carbons (Fsp3) is 1.00. The molecular weight excluding hydrogens is 208 g/mol. The Kier molecular flexibility index (Phi) is 5.79. The van der Waals surface area contributed by atoms with Gasteiger partial charge in [-0.1, -0.05) is 38.5 Å². The molecule has 2 aliphatic rings. The van der Waals surface area contributed by atoms with Gasteiger partial charge in [-0.25, -0.2) is 0 Å². The van der Waals surface area contributed by atoms with Crippen LogP contribution in [-0.4, -0.2) is 37.6 Å². The van der Waals surface area contributed by atoms with E-state index in [-0.39, 0.29) is 0 Å². The number of likely N-dealkylation sites (N-methyl/N-ethyl adjacent to an activating group) is 1. The van der Waals surface area contributed by atoms with E-state index in [2.05, 4.69) is 17.3 Å². The molecule has 0 spiro atoms. The minimum Gasteiger partial charge on any atom is -0.313 e. The molecule has 0 saturated heterocycles. The second kappa shape index (κ2) is 7.38. The zero-order valence-corrected chi connectivity index (χ0v) is 11.6. The van der Waals surface area contributed by atoms with Crippen LogP contribution in [0, 0.1) is 5.92 Å². The van der Waals surface area contributed by atoms with Crippen molar-refractivity contribution < 1.29 is 0 Å². The maximum Gasteiger partial charge on any atom is 0.0104 e. The smallest absolute Gasteiger partial charge is 0.0104 e. The van der Waals surface area contributed by atoms with Gasteiger partial charge in [0.1, 0.15) is 0 Å². The monoisotopic (exact) mass is 238 g/mol. The van der Waals surface area contributed by atoms with Crippen molar-refractivity contribution in [1.82, 2.24) is 10.2 Å². The summed E-state index contributed by atoms with van der Waals surface area (Å²) >= 11 is 0.